The van der Waals surface area contributed by atoms with Gasteiger partial charge >= 0.3 is 0 Å². The van der Waals surface area contributed by atoms with Gasteiger partial charge < -0.3 is 10.4 Å². The minimum Gasteiger partial charge on any atom is -0.393 e. The summed E-state index contributed by atoms with van der Waals surface area (Å²) in [4.78, 5) is 1.91. The van der Waals surface area contributed by atoms with Crippen LogP contribution in [0.25, 0.3) is 0 Å². The molecule has 15 heavy (non-hydrogen) atoms. The van der Waals surface area contributed by atoms with E-state index in [1.165, 1.54) is 11.3 Å². The molecule has 0 aliphatic rings. The molecule has 2 unspecified atom stereocenters. The number of hydrogen-bond donors (Lipinski definition) is 2. The van der Waals surface area contributed by atoms with Crippen molar-refractivity contribution in [2.75, 3.05) is 6.54 Å². The van der Waals surface area contributed by atoms with Crippen molar-refractivity contribution in [1.82, 2.24) is 5.32 Å². The highest BCUT2D eigenvalue weighted by Crippen LogP contribution is 2.22. The van der Waals surface area contributed by atoms with E-state index in [1.54, 1.807) is 6.92 Å². The quantitative estimate of drug-likeness (QED) is 0.804. The third-order valence-corrected chi connectivity index (χ3v) is 3.35. The number of hydrogen-bond acceptors (Lipinski definition) is 4. The van der Waals surface area contributed by atoms with E-state index in [0.717, 1.165) is 22.7 Å². The van der Waals surface area contributed by atoms with Gasteiger partial charge in [0, 0.05) is 10.9 Å². The Balaban J connectivity index is 2.40. The molecule has 3 nitrogen and oxygen atoms in total. The molecule has 0 aromatic carbocycles. The maximum absolute atomic E-state index is 9.10. The molecule has 0 radical (unpaired) electrons. The van der Waals surface area contributed by atoms with Gasteiger partial charge in [-0.05, 0) is 38.9 Å². The number of nitriles is 1. The highest BCUT2D eigenvalue weighted by Gasteiger charge is 2.07. The normalized spacial score (nSPS) is 14.5. The van der Waals surface area contributed by atoms with Gasteiger partial charge in [-0.3, -0.25) is 0 Å². The van der Waals surface area contributed by atoms with E-state index < -0.39 is 0 Å². The Labute approximate surface area is 94.4 Å². The molecule has 0 amide bonds. The fourth-order valence-corrected chi connectivity index (χ4v) is 2.09. The van der Waals surface area contributed by atoms with E-state index in [9.17, 15) is 0 Å². The zero-order chi connectivity index (χ0) is 11.3. The van der Waals surface area contributed by atoms with Gasteiger partial charge in [0.25, 0.3) is 0 Å². The molecule has 0 aliphatic heterocycles. The van der Waals surface area contributed by atoms with E-state index >= 15 is 0 Å². The first-order valence-corrected chi connectivity index (χ1v) is 5.86. The molecule has 2 atom stereocenters. The Morgan fingerprint density at radius 3 is 2.80 bits per heavy atom. The molecular formula is C11H16N2OS. The first kappa shape index (κ1) is 12.2. The first-order chi connectivity index (χ1) is 7.13. The van der Waals surface area contributed by atoms with Crippen LogP contribution in [0.5, 0.6) is 0 Å². The largest absolute Gasteiger partial charge is 0.393 e. The van der Waals surface area contributed by atoms with Crippen LogP contribution in [-0.2, 0) is 0 Å². The van der Waals surface area contributed by atoms with Crippen molar-refractivity contribution in [3.63, 3.8) is 0 Å². The summed E-state index contributed by atoms with van der Waals surface area (Å²) in [5, 5.41) is 21.1. The average Bonchev–Trinajstić information content (AvgIpc) is 2.65. The van der Waals surface area contributed by atoms with E-state index in [0.29, 0.717) is 0 Å². The van der Waals surface area contributed by atoms with Crippen molar-refractivity contribution in [3.8, 4) is 6.07 Å². The van der Waals surface area contributed by atoms with Crippen LogP contribution in [0, 0.1) is 11.3 Å². The predicted octanol–water partition coefficient (Wildman–Crippen LogP) is 2.04. The van der Waals surface area contributed by atoms with Crippen molar-refractivity contribution in [1.29, 1.82) is 5.26 Å². The fourth-order valence-electron chi connectivity index (χ4n) is 1.25. The lowest BCUT2D eigenvalue weighted by Crippen LogP contribution is -2.21. The highest BCUT2D eigenvalue weighted by atomic mass is 32.1. The molecule has 1 rings (SSSR count). The van der Waals surface area contributed by atoms with Gasteiger partial charge in [-0.2, -0.15) is 5.26 Å². The van der Waals surface area contributed by atoms with Crippen molar-refractivity contribution in [2.24, 2.45) is 0 Å². The second-order valence-electron chi connectivity index (χ2n) is 3.63. The third kappa shape index (κ3) is 4.00. The molecule has 0 spiro atoms. The number of nitrogens with one attached hydrogen (secondary N) is 1. The molecule has 82 valence electrons. The predicted molar refractivity (Wildman–Crippen MR) is 61.7 cm³/mol. The number of nitrogens with zero attached hydrogens (tertiary/aromatic N) is 1. The van der Waals surface area contributed by atoms with Crippen LogP contribution in [0.3, 0.4) is 0 Å². The van der Waals surface area contributed by atoms with Crippen molar-refractivity contribution in [3.05, 3.63) is 21.9 Å². The second-order valence-corrected chi connectivity index (χ2v) is 4.74. The van der Waals surface area contributed by atoms with Gasteiger partial charge in [-0.15, -0.1) is 11.3 Å². The zero-order valence-corrected chi connectivity index (χ0v) is 9.84. The van der Waals surface area contributed by atoms with Crippen LogP contribution in [0.2, 0.25) is 0 Å². The zero-order valence-electron chi connectivity index (χ0n) is 9.03. The molecule has 2 N–H and O–H groups in total. The molecule has 1 aromatic rings. The number of rotatable bonds is 5. The molecule has 1 heterocycles. The van der Waals surface area contributed by atoms with E-state index in [1.807, 2.05) is 12.1 Å². The van der Waals surface area contributed by atoms with Crippen molar-refractivity contribution < 1.29 is 5.11 Å². The van der Waals surface area contributed by atoms with Gasteiger partial charge in [-0.25, -0.2) is 0 Å². The summed E-state index contributed by atoms with van der Waals surface area (Å²) in [5.41, 5.74) is 0. The first-order valence-electron chi connectivity index (χ1n) is 5.04. The van der Waals surface area contributed by atoms with Gasteiger partial charge in [0.05, 0.1) is 6.10 Å². The minimum atomic E-state index is -0.261. The Hall–Kier alpha value is -0.890. The maximum Gasteiger partial charge on any atom is 0.110 e. The number of aliphatic hydroxyl groups is 1. The van der Waals surface area contributed by atoms with Gasteiger partial charge in [0.1, 0.15) is 10.9 Å². The summed E-state index contributed by atoms with van der Waals surface area (Å²) < 4.78 is 0. The van der Waals surface area contributed by atoms with Crippen LogP contribution in [0.15, 0.2) is 12.1 Å². The number of aliphatic hydroxyl groups excluding tert-OH is 1. The van der Waals surface area contributed by atoms with Crippen LogP contribution in [0.4, 0.5) is 0 Å². The van der Waals surface area contributed by atoms with Gasteiger partial charge in [-0.1, -0.05) is 0 Å². The Kier molecular flexibility index (Phi) is 4.76. The molecule has 4 heteroatoms. The lowest BCUT2D eigenvalue weighted by molar-refractivity contribution is 0.182. The second kappa shape index (κ2) is 5.86. The van der Waals surface area contributed by atoms with E-state index in [-0.39, 0.29) is 12.1 Å². The van der Waals surface area contributed by atoms with Gasteiger partial charge in [0.2, 0.25) is 0 Å². The summed E-state index contributed by atoms with van der Waals surface area (Å²) in [6, 6.07) is 6.19. The van der Waals surface area contributed by atoms with E-state index in [2.05, 4.69) is 18.3 Å². The summed E-state index contributed by atoms with van der Waals surface area (Å²) in [6.07, 6.45) is 0.489. The fraction of sp³-hybridized carbons (Fsp3) is 0.545. The smallest absolute Gasteiger partial charge is 0.110 e. The summed E-state index contributed by atoms with van der Waals surface area (Å²) in [7, 11) is 0. The number of thiophene rings is 1. The minimum absolute atomic E-state index is 0.246. The van der Waals surface area contributed by atoms with Crippen LogP contribution in [-0.4, -0.2) is 17.8 Å². The summed E-state index contributed by atoms with van der Waals surface area (Å²) >= 11 is 1.51. The maximum atomic E-state index is 9.10. The lowest BCUT2D eigenvalue weighted by atomic mass is 10.2. The summed E-state index contributed by atoms with van der Waals surface area (Å²) in [5.74, 6) is 0. The topological polar surface area (TPSA) is 56.0 Å². The Bertz CT molecular complexity index is 341. The molecule has 0 saturated carbocycles. The molecule has 0 bridgehead atoms. The van der Waals surface area contributed by atoms with Crippen molar-refractivity contribution >= 4 is 11.3 Å². The SMILES string of the molecule is CC(O)CCNC(C)c1ccc(C#N)s1. The van der Waals surface area contributed by atoms with Crippen LogP contribution in [0.1, 0.15) is 36.1 Å². The molecular weight excluding hydrogens is 208 g/mol. The van der Waals surface area contributed by atoms with Crippen LogP contribution >= 0.6 is 11.3 Å². The lowest BCUT2D eigenvalue weighted by Gasteiger charge is -2.12. The summed E-state index contributed by atoms with van der Waals surface area (Å²) in [6.45, 7) is 4.64. The van der Waals surface area contributed by atoms with Gasteiger partial charge in [0.15, 0.2) is 0 Å². The molecule has 0 aliphatic carbocycles. The Morgan fingerprint density at radius 2 is 2.27 bits per heavy atom. The molecule has 1 aromatic heterocycles. The Morgan fingerprint density at radius 1 is 1.53 bits per heavy atom. The van der Waals surface area contributed by atoms with Crippen LogP contribution < -0.4 is 5.32 Å². The molecule has 0 fully saturated rings. The van der Waals surface area contributed by atoms with E-state index in [4.69, 9.17) is 10.4 Å². The standard InChI is InChI=1S/C11H16N2OS/c1-8(14)5-6-13-9(2)11-4-3-10(7-12)15-11/h3-4,8-9,13-14H,5-6H2,1-2H3. The highest BCUT2D eigenvalue weighted by molar-refractivity contribution is 7.12. The molecule has 0 saturated heterocycles. The monoisotopic (exact) mass is 224 g/mol. The average molecular weight is 224 g/mol. The van der Waals surface area contributed by atoms with Crippen molar-refractivity contribution in [2.45, 2.75) is 32.4 Å². The third-order valence-electron chi connectivity index (χ3n) is 2.18.